The minimum Gasteiger partial charge on any atom is -0.383 e. The molecule has 23 heavy (non-hydrogen) atoms. The van der Waals surface area contributed by atoms with Crippen molar-refractivity contribution in [1.82, 2.24) is 4.90 Å². The number of fused-ring (bicyclic) bond motifs is 1. The molecule has 0 radical (unpaired) electrons. The number of likely N-dealkylation sites (tertiary alicyclic amines) is 1. The normalized spacial score (nSPS) is 24.9. The minimum absolute atomic E-state index is 0.00795. The first kappa shape index (κ1) is 16.0. The van der Waals surface area contributed by atoms with E-state index in [1.54, 1.807) is 12.0 Å². The van der Waals surface area contributed by atoms with Gasteiger partial charge in [0, 0.05) is 31.8 Å². The molecule has 124 valence electrons. The smallest absolute Gasteiger partial charge is 0.232 e. The lowest BCUT2D eigenvalue weighted by molar-refractivity contribution is -0.130. The highest BCUT2D eigenvalue weighted by Crippen LogP contribution is 2.34. The third-order valence-corrected chi connectivity index (χ3v) is 4.89. The van der Waals surface area contributed by atoms with Crippen LogP contribution >= 0.6 is 0 Å². The molecule has 0 N–H and O–H groups in total. The van der Waals surface area contributed by atoms with Crippen molar-refractivity contribution in [2.75, 3.05) is 25.2 Å². The predicted molar refractivity (Wildman–Crippen MR) is 88.3 cm³/mol. The number of anilines is 1. The lowest BCUT2D eigenvalue weighted by atomic mass is 10.1. The molecule has 5 nitrogen and oxygen atoms in total. The number of carbonyl (C=O) groups excluding carboxylic acids is 2. The first-order valence-electron chi connectivity index (χ1n) is 8.22. The Bertz CT molecular complexity index is 616. The molecule has 0 saturated carbocycles. The van der Waals surface area contributed by atoms with Gasteiger partial charge in [0.2, 0.25) is 11.8 Å². The van der Waals surface area contributed by atoms with Crippen molar-refractivity contribution in [2.24, 2.45) is 5.92 Å². The molecular weight excluding hydrogens is 292 g/mol. The first-order chi connectivity index (χ1) is 11.0. The number of rotatable bonds is 4. The fourth-order valence-corrected chi connectivity index (χ4v) is 3.75. The fourth-order valence-electron chi connectivity index (χ4n) is 3.75. The van der Waals surface area contributed by atoms with E-state index in [-0.39, 0.29) is 29.8 Å². The Hall–Kier alpha value is -1.88. The maximum atomic E-state index is 13.0. The summed E-state index contributed by atoms with van der Waals surface area (Å²) in [5, 5.41) is 0. The first-order valence-corrected chi connectivity index (χ1v) is 8.22. The van der Waals surface area contributed by atoms with Gasteiger partial charge < -0.3 is 14.5 Å². The zero-order valence-electron chi connectivity index (χ0n) is 14.0. The monoisotopic (exact) mass is 316 g/mol. The molecule has 5 heteroatoms. The fraction of sp³-hybridized carbons (Fsp3) is 0.556. The standard InChI is InChI=1S/C18H24N2O3/c1-12-8-14-6-4-5-7-16(14)20(12)18(22)15-9-17(21)19(10-15)13(2)11-23-3/h4-7,12-13,15H,8-11H2,1-3H3/t12-,13-,15-/m0/s1. The van der Waals surface area contributed by atoms with E-state index in [1.807, 2.05) is 30.0 Å². The van der Waals surface area contributed by atoms with Crippen molar-refractivity contribution < 1.29 is 14.3 Å². The maximum absolute atomic E-state index is 13.0. The van der Waals surface area contributed by atoms with Crippen molar-refractivity contribution in [1.29, 1.82) is 0 Å². The molecular formula is C18H24N2O3. The molecule has 2 aliphatic rings. The molecule has 1 saturated heterocycles. The van der Waals surface area contributed by atoms with Crippen molar-refractivity contribution in [3.05, 3.63) is 29.8 Å². The highest BCUT2D eigenvalue weighted by molar-refractivity contribution is 6.01. The number of benzene rings is 1. The van der Waals surface area contributed by atoms with Crippen LogP contribution in [0.3, 0.4) is 0 Å². The predicted octanol–water partition coefficient (Wildman–Crippen LogP) is 1.85. The van der Waals surface area contributed by atoms with Crippen LogP contribution in [0.4, 0.5) is 5.69 Å². The molecule has 0 unspecified atom stereocenters. The highest BCUT2D eigenvalue weighted by Gasteiger charge is 2.41. The van der Waals surface area contributed by atoms with Crippen LogP contribution in [0.25, 0.3) is 0 Å². The second-order valence-electron chi connectivity index (χ2n) is 6.64. The molecule has 3 atom stereocenters. The van der Waals surface area contributed by atoms with Crippen LogP contribution in [-0.4, -0.2) is 49.1 Å². The van der Waals surface area contributed by atoms with Gasteiger partial charge in [0.05, 0.1) is 18.6 Å². The summed E-state index contributed by atoms with van der Waals surface area (Å²) in [6.45, 7) is 5.02. The van der Waals surface area contributed by atoms with E-state index in [4.69, 9.17) is 4.74 Å². The molecule has 1 aromatic carbocycles. The number of carbonyl (C=O) groups is 2. The summed E-state index contributed by atoms with van der Waals surface area (Å²) in [6, 6.07) is 8.20. The van der Waals surface area contributed by atoms with Gasteiger partial charge in [-0.25, -0.2) is 0 Å². The van der Waals surface area contributed by atoms with E-state index in [0.29, 0.717) is 19.6 Å². The molecule has 2 aliphatic heterocycles. The number of para-hydroxylation sites is 1. The molecule has 1 aromatic rings. The minimum atomic E-state index is -0.254. The molecule has 0 spiro atoms. The summed E-state index contributed by atoms with van der Waals surface area (Å²) < 4.78 is 5.13. The largest absolute Gasteiger partial charge is 0.383 e. The summed E-state index contributed by atoms with van der Waals surface area (Å²) in [4.78, 5) is 28.9. The Morgan fingerprint density at radius 1 is 1.35 bits per heavy atom. The van der Waals surface area contributed by atoms with Gasteiger partial charge in [-0.05, 0) is 31.9 Å². The summed E-state index contributed by atoms with van der Waals surface area (Å²) in [6.07, 6.45) is 1.19. The van der Waals surface area contributed by atoms with Crippen LogP contribution in [0, 0.1) is 5.92 Å². The lowest BCUT2D eigenvalue weighted by Crippen LogP contribution is -2.42. The van der Waals surface area contributed by atoms with E-state index in [2.05, 4.69) is 13.0 Å². The molecule has 2 amide bonds. The van der Waals surface area contributed by atoms with E-state index < -0.39 is 0 Å². The molecule has 3 rings (SSSR count). The van der Waals surface area contributed by atoms with E-state index in [0.717, 1.165) is 12.1 Å². The number of hydrogen-bond donors (Lipinski definition) is 0. The Kier molecular flexibility index (Phi) is 4.39. The van der Waals surface area contributed by atoms with Crippen LogP contribution in [0.2, 0.25) is 0 Å². The van der Waals surface area contributed by atoms with E-state index in [1.165, 1.54) is 5.56 Å². The van der Waals surface area contributed by atoms with Crippen LogP contribution in [0.1, 0.15) is 25.8 Å². The summed E-state index contributed by atoms with van der Waals surface area (Å²) in [5.41, 5.74) is 2.21. The lowest BCUT2D eigenvalue weighted by Gasteiger charge is -2.27. The second kappa shape index (κ2) is 6.32. The SMILES string of the molecule is COC[C@H](C)N1C[C@@H](C(=O)N2c3ccccc3C[C@@H]2C)CC1=O. The number of ether oxygens (including phenoxy) is 1. The van der Waals surface area contributed by atoms with Crippen molar-refractivity contribution in [2.45, 2.75) is 38.8 Å². The van der Waals surface area contributed by atoms with Crippen molar-refractivity contribution in [3.8, 4) is 0 Å². The number of methoxy groups -OCH3 is 1. The molecule has 0 bridgehead atoms. The highest BCUT2D eigenvalue weighted by atomic mass is 16.5. The summed E-state index contributed by atoms with van der Waals surface area (Å²) in [7, 11) is 1.63. The molecule has 2 heterocycles. The van der Waals surface area contributed by atoms with Gasteiger partial charge in [0.15, 0.2) is 0 Å². The zero-order chi connectivity index (χ0) is 16.6. The number of hydrogen-bond acceptors (Lipinski definition) is 3. The number of nitrogens with zero attached hydrogens (tertiary/aromatic N) is 2. The van der Waals surface area contributed by atoms with Crippen molar-refractivity contribution >= 4 is 17.5 Å². The van der Waals surface area contributed by atoms with Gasteiger partial charge in [-0.3, -0.25) is 9.59 Å². The van der Waals surface area contributed by atoms with Gasteiger partial charge in [0.1, 0.15) is 0 Å². The van der Waals surface area contributed by atoms with Gasteiger partial charge in [-0.2, -0.15) is 0 Å². The van der Waals surface area contributed by atoms with Gasteiger partial charge in [-0.15, -0.1) is 0 Å². The maximum Gasteiger partial charge on any atom is 0.232 e. The third-order valence-electron chi connectivity index (χ3n) is 4.89. The average molecular weight is 316 g/mol. The Labute approximate surface area is 137 Å². The quantitative estimate of drug-likeness (QED) is 0.852. The van der Waals surface area contributed by atoms with Crippen LogP contribution in [0.5, 0.6) is 0 Å². The zero-order valence-corrected chi connectivity index (χ0v) is 14.0. The van der Waals surface area contributed by atoms with Gasteiger partial charge in [0.25, 0.3) is 0 Å². The van der Waals surface area contributed by atoms with Gasteiger partial charge >= 0.3 is 0 Å². The second-order valence-corrected chi connectivity index (χ2v) is 6.64. The third kappa shape index (κ3) is 2.85. The Balaban J connectivity index is 1.76. The van der Waals surface area contributed by atoms with E-state index in [9.17, 15) is 9.59 Å². The molecule has 1 fully saturated rings. The van der Waals surface area contributed by atoms with Gasteiger partial charge in [-0.1, -0.05) is 18.2 Å². The van der Waals surface area contributed by atoms with E-state index >= 15 is 0 Å². The van der Waals surface area contributed by atoms with Crippen LogP contribution in [-0.2, 0) is 20.7 Å². The summed E-state index contributed by atoms with van der Waals surface area (Å²) >= 11 is 0. The van der Waals surface area contributed by atoms with Crippen LogP contribution in [0.15, 0.2) is 24.3 Å². The average Bonchev–Trinajstić information content (AvgIpc) is 3.06. The Morgan fingerprint density at radius 2 is 2.09 bits per heavy atom. The van der Waals surface area contributed by atoms with Crippen LogP contribution < -0.4 is 4.90 Å². The Morgan fingerprint density at radius 3 is 2.83 bits per heavy atom. The summed E-state index contributed by atoms with van der Waals surface area (Å²) in [5.74, 6) is -0.133. The molecule has 0 aromatic heterocycles. The van der Waals surface area contributed by atoms with Crippen molar-refractivity contribution in [3.63, 3.8) is 0 Å². The number of amides is 2. The molecule has 0 aliphatic carbocycles. The topological polar surface area (TPSA) is 49.9 Å².